The van der Waals surface area contributed by atoms with Crippen LogP contribution in [0.5, 0.6) is 0 Å². The topological polar surface area (TPSA) is 44.4 Å². The Morgan fingerprint density at radius 3 is 2.92 bits per heavy atom. The molecule has 1 heterocycles. The summed E-state index contributed by atoms with van der Waals surface area (Å²) >= 11 is 0. The number of nitrogens with one attached hydrogen (secondary N) is 2. The molecule has 0 bridgehead atoms. The molecule has 0 aliphatic carbocycles. The SMILES string of the molecule is CCNC(=O)N1CCNC[C@H]1C.Cl. The van der Waals surface area contributed by atoms with E-state index in [1.165, 1.54) is 0 Å². The van der Waals surface area contributed by atoms with E-state index in [0.29, 0.717) is 12.6 Å². The number of carbonyl (C=O) groups is 1. The van der Waals surface area contributed by atoms with Gasteiger partial charge in [0.2, 0.25) is 0 Å². The summed E-state index contributed by atoms with van der Waals surface area (Å²) < 4.78 is 0. The summed E-state index contributed by atoms with van der Waals surface area (Å²) in [5, 5.41) is 6.04. The molecule has 1 aliphatic rings. The van der Waals surface area contributed by atoms with Crippen LogP contribution in [0.15, 0.2) is 0 Å². The first-order valence-electron chi connectivity index (χ1n) is 4.51. The summed E-state index contributed by atoms with van der Waals surface area (Å²) in [5.41, 5.74) is 0. The van der Waals surface area contributed by atoms with E-state index >= 15 is 0 Å². The molecular formula is C8H18ClN3O. The fourth-order valence-corrected chi connectivity index (χ4v) is 1.40. The Balaban J connectivity index is 0.00000144. The maximum absolute atomic E-state index is 11.4. The van der Waals surface area contributed by atoms with Crippen LogP contribution in [-0.4, -0.2) is 43.2 Å². The van der Waals surface area contributed by atoms with Crippen molar-refractivity contribution in [1.29, 1.82) is 0 Å². The number of amides is 2. The first-order valence-corrected chi connectivity index (χ1v) is 4.51. The van der Waals surface area contributed by atoms with Crippen LogP contribution in [-0.2, 0) is 0 Å². The van der Waals surface area contributed by atoms with E-state index < -0.39 is 0 Å². The van der Waals surface area contributed by atoms with Gasteiger partial charge in [0.25, 0.3) is 0 Å². The molecule has 1 aliphatic heterocycles. The van der Waals surface area contributed by atoms with Gasteiger partial charge in [-0.05, 0) is 13.8 Å². The Morgan fingerprint density at radius 2 is 2.38 bits per heavy atom. The smallest absolute Gasteiger partial charge is 0.317 e. The predicted octanol–water partition coefficient (Wildman–Crippen LogP) is 0.431. The lowest BCUT2D eigenvalue weighted by atomic mass is 10.2. The van der Waals surface area contributed by atoms with Crippen LogP contribution >= 0.6 is 12.4 Å². The first-order chi connectivity index (χ1) is 5.75. The van der Waals surface area contributed by atoms with Crippen LogP contribution in [0.2, 0.25) is 0 Å². The van der Waals surface area contributed by atoms with Gasteiger partial charge >= 0.3 is 6.03 Å². The molecule has 1 atom stereocenters. The van der Waals surface area contributed by atoms with Crippen molar-refractivity contribution >= 4 is 18.4 Å². The van der Waals surface area contributed by atoms with E-state index in [1.807, 2.05) is 11.8 Å². The second-order valence-corrected chi connectivity index (χ2v) is 3.08. The van der Waals surface area contributed by atoms with Gasteiger partial charge in [0.15, 0.2) is 0 Å². The average molecular weight is 208 g/mol. The highest BCUT2D eigenvalue weighted by Gasteiger charge is 2.21. The van der Waals surface area contributed by atoms with Crippen molar-refractivity contribution in [2.45, 2.75) is 19.9 Å². The molecule has 1 fully saturated rings. The summed E-state index contributed by atoms with van der Waals surface area (Å²) in [6.07, 6.45) is 0. The van der Waals surface area contributed by atoms with Crippen molar-refractivity contribution in [2.24, 2.45) is 0 Å². The second kappa shape index (κ2) is 6.05. The number of hydrogen-bond donors (Lipinski definition) is 2. The highest BCUT2D eigenvalue weighted by atomic mass is 35.5. The molecule has 0 saturated carbocycles. The van der Waals surface area contributed by atoms with Crippen molar-refractivity contribution < 1.29 is 4.79 Å². The van der Waals surface area contributed by atoms with E-state index in [1.54, 1.807) is 0 Å². The van der Waals surface area contributed by atoms with Gasteiger partial charge in [-0.3, -0.25) is 0 Å². The van der Waals surface area contributed by atoms with Crippen LogP contribution in [0.1, 0.15) is 13.8 Å². The van der Waals surface area contributed by atoms with Crippen molar-refractivity contribution in [3.63, 3.8) is 0 Å². The zero-order valence-corrected chi connectivity index (χ0v) is 8.99. The van der Waals surface area contributed by atoms with Gasteiger partial charge in [-0.15, -0.1) is 12.4 Å². The maximum atomic E-state index is 11.4. The standard InChI is InChI=1S/C8H17N3O.ClH/c1-3-10-8(12)11-5-4-9-6-7(11)2;/h7,9H,3-6H2,1-2H3,(H,10,12);1H/t7-;/m1./s1. The van der Waals surface area contributed by atoms with E-state index in [9.17, 15) is 4.79 Å². The summed E-state index contributed by atoms with van der Waals surface area (Å²) in [5.74, 6) is 0. The molecule has 0 aromatic carbocycles. The number of urea groups is 1. The quantitative estimate of drug-likeness (QED) is 0.655. The lowest BCUT2D eigenvalue weighted by Gasteiger charge is -2.33. The van der Waals surface area contributed by atoms with Gasteiger partial charge < -0.3 is 15.5 Å². The van der Waals surface area contributed by atoms with E-state index in [0.717, 1.165) is 19.6 Å². The molecule has 0 aromatic heterocycles. The summed E-state index contributed by atoms with van der Waals surface area (Å²) in [4.78, 5) is 13.3. The van der Waals surface area contributed by atoms with Gasteiger partial charge in [0.1, 0.15) is 0 Å². The van der Waals surface area contributed by atoms with E-state index in [4.69, 9.17) is 0 Å². The Bertz CT molecular complexity index is 165. The molecule has 78 valence electrons. The summed E-state index contributed by atoms with van der Waals surface area (Å²) in [7, 11) is 0. The molecule has 0 aromatic rings. The van der Waals surface area contributed by atoms with Crippen LogP contribution in [0.25, 0.3) is 0 Å². The minimum absolute atomic E-state index is 0. The van der Waals surface area contributed by atoms with Gasteiger partial charge in [0.05, 0.1) is 0 Å². The van der Waals surface area contributed by atoms with Crippen molar-refractivity contribution in [1.82, 2.24) is 15.5 Å². The Kier molecular flexibility index (Phi) is 5.82. The Labute approximate surface area is 85.5 Å². The normalized spacial score (nSPS) is 22.0. The Morgan fingerprint density at radius 1 is 1.69 bits per heavy atom. The fraction of sp³-hybridized carbons (Fsp3) is 0.875. The third kappa shape index (κ3) is 3.40. The van der Waals surface area contributed by atoms with Crippen LogP contribution in [0.4, 0.5) is 4.79 Å². The van der Waals surface area contributed by atoms with E-state index in [2.05, 4.69) is 17.6 Å². The van der Waals surface area contributed by atoms with Crippen LogP contribution in [0, 0.1) is 0 Å². The van der Waals surface area contributed by atoms with Crippen molar-refractivity contribution in [3.05, 3.63) is 0 Å². The van der Waals surface area contributed by atoms with E-state index in [-0.39, 0.29) is 18.4 Å². The third-order valence-corrected chi connectivity index (χ3v) is 2.09. The summed E-state index contributed by atoms with van der Waals surface area (Å²) in [6.45, 7) is 7.31. The zero-order valence-electron chi connectivity index (χ0n) is 8.17. The molecule has 1 rings (SSSR count). The first kappa shape index (κ1) is 12.5. The van der Waals surface area contributed by atoms with Crippen molar-refractivity contribution in [2.75, 3.05) is 26.2 Å². The number of halogens is 1. The second-order valence-electron chi connectivity index (χ2n) is 3.08. The molecule has 5 heteroatoms. The number of piperazine rings is 1. The lowest BCUT2D eigenvalue weighted by molar-refractivity contribution is 0.165. The third-order valence-electron chi connectivity index (χ3n) is 2.09. The van der Waals surface area contributed by atoms with Gasteiger partial charge in [0, 0.05) is 32.2 Å². The summed E-state index contributed by atoms with van der Waals surface area (Å²) in [6, 6.07) is 0.372. The highest BCUT2D eigenvalue weighted by molar-refractivity contribution is 5.85. The maximum Gasteiger partial charge on any atom is 0.317 e. The molecule has 0 unspecified atom stereocenters. The Hall–Kier alpha value is -0.480. The number of nitrogens with zero attached hydrogens (tertiary/aromatic N) is 1. The predicted molar refractivity (Wildman–Crippen MR) is 55.4 cm³/mol. The minimum atomic E-state index is 0. The lowest BCUT2D eigenvalue weighted by Crippen LogP contribution is -2.55. The minimum Gasteiger partial charge on any atom is -0.338 e. The molecule has 4 nitrogen and oxygen atoms in total. The molecular weight excluding hydrogens is 190 g/mol. The molecule has 0 spiro atoms. The van der Waals surface area contributed by atoms with Gasteiger partial charge in [-0.2, -0.15) is 0 Å². The van der Waals surface area contributed by atoms with Gasteiger partial charge in [-0.25, -0.2) is 4.79 Å². The number of hydrogen-bond acceptors (Lipinski definition) is 2. The monoisotopic (exact) mass is 207 g/mol. The molecule has 0 radical (unpaired) electrons. The number of rotatable bonds is 1. The molecule has 1 saturated heterocycles. The van der Waals surface area contributed by atoms with Crippen LogP contribution < -0.4 is 10.6 Å². The largest absolute Gasteiger partial charge is 0.338 e. The van der Waals surface area contributed by atoms with Crippen LogP contribution in [0.3, 0.4) is 0 Å². The van der Waals surface area contributed by atoms with Crippen molar-refractivity contribution in [3.8, 4) is 0 Å². The highest BCUT2D eigenvalue weighted by Crippen LogP contribution is 2.01. The van der Waals surface area contributed by atoms with Gasteiger partial charge in [-0.1, -0.05) is 0 Å². The molecule has 2 N–H and O–H groups in total. The fourth-order valence-electron chi connectivity index (χ4n) is 1.40. The molecule has 13 heavy (non-hydrogen) atoms. The molecule has 2 amide bonds. The number of carbonyl (C=O) groups excluding carboxylic acids is 1. The zero-order chi connectivity index (χ0) is 8.97. The average Bonchev–Trinajstić information content (AvgIpc) is 2.05.